The molecule has 0 saturated heterocycles. The minimum absolute atomic E-state index is 0.0645. The fraction of sp³-hybridized carbons (Fsp3) is 0.0870. The Morgan fingerprint density at radius 2 is 2.00 bits per heavy atom. The Labute approximate surface area is 188 Å². The Kier molecular flexibility index (Phi) is 5.54. The summed E-state index contributed by atoms with van der Waals surface area (Å²) >= 11 is 6.08. The first kappa shape index (κ1) is 21.3. The molecule has 2 aromatic carbocycles. The van der Waals surface area contributed by atoms with E-state index in [4.69, 9.17) is 27.8 Å². The fourth-order valence-corrected chi connectivity index (χ4v) is 3.54. The van der Waals surface area contributed by atoms with Crippen LogP contribution in [0.1, 0.15) is 18.1 Å². The van der Waals surface area contributed by atoms with Gasteiger partial charge in [-0.1, -0.05) is 17.7 Å². The molecule has 0 aliphatic heterocycles. The summed E-state index contributed by atoms with van der Waals surface area (Å²) in [6.07, 6.45) is 3.33. The second kappa shape index (κ2) is 8.32. The molecule has 9 heteroatoms. The average Bonchev–Trinajstić information content (AvgIpc) is 3.15. The van der Waals surface area contributed by atoms with E-state index in [0.717, 1.165) is 16.7 Å². The number of nitrogen functional groups attached to an aromatic ring is 1. The number of esters is 1. The van der Waals surface area contributed by atoms with Gasteiger partial charge in [0.05, 0.1) is 33.7 Å². The quantitative estimate of drug-likeness (QED) is 0.203. The van der Waals surface area contributed by atoms with Crippen LogP contribution < -0.4 is 16.2 Å². The van der Waals surface area contributed by atoms with Gasteiger partial charge in [0.1, 0.15) is 17.4 Å². The highest BCUT2D eigenvalue weighted by molar-refractivity contribution is 6.33. The molecule has 32 heavy (non-hydrogen) atoms. The van der Waals surface area contributed by atoms with Crippen molar-refractivity contribution in [2.75, 3.05) is 5.73 Å². The van der Waals surface area contributed by atoms with Gasteiger partial charge in [-0.25, -0.2) is 13.9 Å². The predicted molar refractivity (Wildman–Crippen MR) is 123 cm³/mol. The topological polar surface area (TPSA) is 108 Å². The zero-order valence-corrected chi connectivity index (χ0v) is 18.0. The number of aromatic nitrogens is 2. The molecule has 0 atom stereocenters. The van der Waals surface area contributed by atoms with Gasteiger partial charge >= 0.3 is 5.97 Å². The molecule has 0 unspecified atom stereocenters. The Bertz CT molecular complexity index is 1400. The molecular formula is C23H19ClFN5O2. The predicted octanol–water partition coefficient (Wildman–Crippen LogP) is 4.65. The van der Waals surface area contributed by atoms with E-state index in [1.54, 1.807) is 16.6 Å². The van der Waals surface area contributed by atoms with Gasteiger partial charge in [-0.3, -0.25) is 4.79 Å². The van der Waals surface area contributed by atoms with Gasteiger partial charge in [-0.05, 0) is 48.4 Å². The first-order chi connectivity index (χ1) is 15.2. The number of aryl methyl sites for hydroxylation is 1. The van der Waals surface area contributed by atoms with Crippen molar-refractivity contribution in [3.8, 4) is 16.9 Å². The highest BCUT2D eigenvalue weighted by atomic mass is 35.5. The monoisotopic (exact) mass is 451 g/mol. The number of halogens is 2. The van der Waals surface area contributed by atoms with Crippen LogP contribution in [0.25, 0.3) is 16.6 Å². The van der Waals surface area contributed by atoms with E-state index in [1.165, 1.54) is 31.3 Å². The normalized spacial score (nSPS) is 11.7. The summed E-state index contributed by atoms with van der Waals surface area (Å²) in [6.45, 7) is 3.27. The van der Waals surface area contributed by atoms with Gasteiger partial charge in [0.25, 0.3) is 0 Å². The molecule has 4 aromatic rings. The Morgan fingerprint density at radius 3 is 2.72 bits per heavy atom. The number of carbonyl (C=O) groups excluding carboxylic acids is 1. The summed E-state index contributed by atoms with van der Waals surface area (Å²) in [6, 6.07) is 11.1. The SMILES string of the molecule is CC(=O)Oc1ccc(-c2cc3c(N)c(C(N)=Nc4cc(F)ccc4Cl)cnn3c2)c(C)c1. The van der Waals surface area contributed by atoms with Crippen LogP contribution in [0.3, 0.4) is 0 Å². The molecule has 2 heterocycles. The zero-order chi connectivity index (χ0) is 23.0. The summed E-state index contributed by atoms with van der Waals surface area (Å²) in [7, 11) is 0. The first-order valence-electron chi connectivity index (χ1n) is 9.59. The third-order valence-corrected chi connectivity index (χ3v) is 5.19. The van der Waals surface area contributed by atoms with Crippen molar-refractivity contribution in [2.24, 2.45) is 10.7 Å². The number of hydrogen-bond donors (Lipinski definition) is 2. The Hall–Kier alpha value is -3.91. The lowest BCUT2D eigenvalue weighted by Crippen LogP contribution is -2.16. The van der Waals surface area contributed by atoms with Crippen molar-refractivity contribution in [2.45, 2.75) is 13.8 Å². The highest BCUT2D eigenvalue weighted by Crippen LogP contribution is 2.31. The third-order valence-electron chi connectivity index (χ3n) is 4.87. The van der Waals surface area contributed by atoms with E-state index in [9.17, 15) is 9.18 Å². The standard InChI is InChI=1S/C23H19ClFN5O2/c1-12-7-16(32-13(2)31)4-5-17(12)14-8-21-22(26)18(10-28-30(21)11-14)23(27)29-20-9-15(25)3-6-19(20)24/h3-11H,26H2,1-2H3,(H2,27,29). The van der Waals surface area contributed by atoms with E-state index in [0.29, 0.717) is 22.5 Å². The van der Waals surface area contributed by atoms with Crippen molar-refractivity contribution in [3.05, 3.63) is 76.8 Å². The van der Waals surface area contributed by atoms with Gasteiger partial charge in [-0.2, -0.15) is 5.10 Å². The number of nitrogens with two attached hydrogens (primary N) is 2. The van der Waals surface area contributed by atoms with Crippen LogP contribution >= 0.6 is 11.6 Å². The number of ether oxygens (including phenoxy) is 1. The van der Waals surface area contributed by atoms with Gasteiger partial charge < -0.3 is 16.2 Å². The van der Waals surface area contributed by atoms with Gasteiger partial charge in [-0.15, -0.1) is 0 Å². The molecule has 0 aliphatic carbocycles. The zero-order valence-electron chi connectivity index (χ0n) is 17.3. The maximum Gasteiger partial charge on any atom is 0.308 e. The maximum absolute atomic E-state index is 13.5. The Morgan fingerprint density at radius 1 is 1.22 bits per heavy atom. The summed E-state index contributed by atoms with van der Waals surface area (Å²) in [5.74, 6) is -0.319. The molecule has 7 nitrogen and oxygen atoms in total. The van der Waals surface area contributed by atoms with Crippen LogP contribution in [0, 0.1) is 12.7 Å². The molecule has 0 radical (unpaired) electrons. The van der Waals surface area contributed by atoms with Crippen molar-refractivity contribution in [1.82, 2.24) is 9.61 Å². The van der Waals surface area contributed by atoms with Crippen LogP contribution in [-0.2, 0) is 4.79 Å². The molecule has 0 fully saturated rings. The van der Waals surface area contributed by atoms with Crippen molar-refractivity contribution in [1.29, 1.82) is 0 Å². The molecule has 4 rings (SSSR count). The molecule has 0 amide bonds. The molecule has 0 bridgehead atoms. The van der Waals surface area contributed by atoms with E-state index in [-0.39, 0.29) is 22.5 Å². The second-order valence-electron chi connectivity index (χ2n) is 7.19. The number of anilines is 1. The maximum atomic E-state index is 13.5. The number of nitrogens with zero attached hydrogens (tertiary/aromatic N) is 3. The summed E-state index contributed by atoms with van der Waals surface area (Å²) < 4.78 is 20.3. The molecule has 162 valence electrons. The van der Waals surface area contributed by atoms with Gasteiger partial charge in [0.2, 0.25) is 0 Å². The highest BCUT2D eigenvalue weighted by Gasteiger charge is 2.14. The summed E-state index contributed by atoms with van der Waals surface area (Å²) in [5, 5.41) is 4.64. The van der Waals surface area contributed by atoms with E-state index in [1.807, 2.05) is 25.3 Å². The number of aliphatic imine (C=N–C) groups is 1. The van der Waals surface area contributed by atoms with Crippen LogP contribution in [0.5, 0.6) is 5.75 Å². The molecule has 0 aliphatic rings. The largest absolute Gasteiger partial charge is 0.427 e. The van der Waals surface area contributed by atoms with Crippen molar-refractivity contribution >= 4 is 40.3 Å². The van der Waals surface area contributed by atoms with Gasteiger partial charge in [0, 0.05) is 24.8 Å². The number of hydrogen-bond acceptors (Lipinski definition) is 5. The van der Waals surface area contributed by atoms with Crippen molar-refractivity contribution in [3.63, 3.8) is 0 Å². The minimum atomic E-state index is -0.478. The van der Waals surface area contributed by atoms with Crippen molar-refractivity contribution < 1.29 is 13.9 Å². The lowest BCUT2D eigenvalue weighted by atomic mass is 10.0. The lowest BCUT2D eigenvalue weighted by Gasteiger charge is -2.07. The van der Waals surface area contributed by atoms with E-state index < -0.39 is 5.82 Å². The Balaban J connectivity index is 1.74. The van der Waals surface area contributed by atoms with Crippen LogP contribution in [0.4, 0.5) is 15.8 Å². The first-order valence-corrected chi connectivity index (χ1v) is 9.96. The number of benzene rings is 2. The lowest BCUT2D eigenvalue weighted by molar-refractivity contribution is -0.131. The third kappa shape index (κ3) is 4.13. The van der Waals surface area contributed by atoms with Crippen LogP contribution in [0.2, 0.25) is 5.02 Å². The number of fused-ring (bicyclic) bond motifs is 1. The fourth-order valence-electron chi connectivity index (χ4n) is 3.38. The van der Waals surface area contributed by atoms with E-state index in [2.05, 4.69) is 10.1 Å². The number of carbonyl (C=O) groups is 1. The molecule has 2 aromatic heterocycles. The average molecular weight is 452 g/mol. The minimum Gasteiger partial charge on any atom is -0.427 e. The van der Waals surface area contributed by atoms with Crippen LogP contribution in [0.15, 0.2) is 59.9 Å². The summed E-state index contributed by atoms with van der Waals surface area (Å²) in [4.78, 5) is 15.4. The van der Waals surface area contributed by atoms with Crippen LogP contribution in [-0.4, -0.2) is 21.4 Å². The van der Waals surface area contributed by atoms with Gasteiger partial charge in [0.15, 0.2) is 0 Å². The summed E-state index contributed by atoms with van der Waals surface area (Å²) in [5.41, 5.74) is 16.8. The number of amidine groups is 1. The number of rotatable bonds is 4. The molecular weight excluding hydrogens is 433 g/mol. The molecule has 0 saturated carbocycles. The second-order valence-corrected chi connectivity index (χ2v) is 7.60. The van der Waals surface area contributed by atoms with E-state index >= 15 is 0 Å². The smallest absolute Gasteiger partial charge is 0.308 e. The molecule has 0 spiro atoms. The molecule has 4 N–H and O–H groups in total.